The molecule has 2 N–H and O–H groups in total. The van der Waals surface area contributed by atoms with Crippen molar-refractivity contribution in [2.45, 2.75) is 38.5 Å². The van der Waals surface area contributed by atoms with Crippen LogP contribution in [0.3, 0.4) is 0 Å². The van der Waals surface area contributed by atoms with Gasteiger partial charge in [-0.2, -0.15) is 8.78 Å². The first-order chi connectivity index (χ1) is 13.5. The summed E-state index contributed by atoms with van der Waals surface area (Å²) in [5.74, 6) is 0.407. The fourth-order valence-electron chi connectivity index (χ4n) is 2.74. The van der Waals surface area contributed by atoms with Crippen LogP contribution >= 0.6 is 47.2 Å². The Bertz CT molecular complexity index is 651. The van der Waals surface area contributed by atoms with Gasteiger partial charge in [-0.15, -0.1) is 24.0 Å². The highest BCUT2D eigenvalue weighted by Gasteiger charge is 2.16. The topological polar surface area (TPSA) is 64.1 Å². The van der Waals surface area contributed by atoms with Crippen LogP contribution in [0.4, 0.5) is 8.78 Å². The van der Waals surface area contributed by atoms with Gasteiger partial charge in [0.25, 0.3) is 0 Å². The molecule has 0 aliphatic carbocycles. The van der Waals surface area contributed by atoms with Gasteiger partial charge in [-0.1, -0.05) is 23.2 Å². The van der Waals surface area contributed by atoms with Crippen molar-refractivity contribution < 1.29 is 23.0 Å². The van der Waals surface area contributed by atoms with Crippen LogP contribution in [0.2, 0.25) is 10.0 Å². The van der Waals surface area contributed by atoms with Gasteiger partial charge in [0.15, 0.2) is 5.96 Å². The molecule has 1 saturated heterocycles. The molecule has 0 saturated carbocycles. The zero-order valence-corrected chi connectivity index (χ0v) is 19.9. The zero-order chi connectivity index (χ0) is 20.4. The Kier molecular flexibility index (Phi) is 13.1. The molecule has 1 fully saturated rings. The highest BCUT2D eigenvalue weighted by molar-refractivity contribution is 14.0. The molecule has 2 rings (SSSR count). The normalized spacial score (nSPS) is 16.6. The Morgan fingerprint density at radius 2 is 2.14 bits per heavy atom. The third-order valence-corrected chi connectivity index (χ3v) is 4.55. The lowest BCUT2D eigenvalue weighted by atomic mass is 10.2. The van der Waals surface area contributed by atoms with E-state index >= 15 is 0 Å². The maximum atomic E-state index is 12.6. The molecule has 0 radical (unpaired) electrons. The van der Waals surface area contributed by atoms with E-state index < -0.39 is 6.61 Å². The lowest BCUT2D eigenvalue weighted by molar-refractivity contribution is -0.0504. The molecule has 1 aromatic carbocycles. The SMILES string of the molecule is CN=C(NCCCOCC1CCCO1)NCc1cc(Cl)cc(Cl)c1OC(F)F.I. The molecule has 0 bridgehead atoms. The second kappa shape index (κ2) is 14.4. The van der Waals surface area contributed by atoms with E-state index in [0.717, 1.165) is 25.9 Å². The average Bonchev–Trinajstić information content (AvgIpc) is 3.16. The predicted molar refractivity (Wildman–Crippen MR) is 121 cm³/mol. The number of rotatable bonds is 10. The Balaban J connectivity index is 0.00000420. The van der Waals surface area contributed by atoms with Crippen molar-refractivity contribution in [2.75, 3.05) is 33.4 Å². The third-order valence-electron chi connectivity index (χ3n) is 4.05. The van der Waals surface area contributed by atoms with E-state index in [1.165, 1.54) is 12.1 Å². The van der Waals surface area contributed by atoms with E-state index in [9.17, 15) is 8.78 Å². The summed E-state index contributed by atoms with van der Waals surface area (Å²) >= 11 is 11.9. The van der Waals surface area contributed by atoms with Crippen molar-refractivity contribution in [3.8, 4) is 5.75 Å². The summed E-state index contributed by atoms with van der Waals surface area (Å²) in [5.41, 5.74) is 0.403. The number of aliphatic imine (C=N–C) groups is 1. The lowest BCUT2D eigenvalue weighted by Crippen LogP contribution is -2.37. The second-order valence-corrected chi connectivity index (χ2v) is 7.01. The monoisotopic (exact) mass is 567 g/mol. The van der Waals surface area contributed by atoms with Crippen LogP contribution < -0.4 is 15.4 Å². The van der Waals surface area contributed by atoms with E-state index in [1.54, 1.807) is 7.05 Å². The lowest BCUT2D eigenvalue weighted by Gasteiger charge is -2.16. The standard InChI is InChI=1S/C18H25Cl2F2N3O3.HI/c1-23-18(24-5-3-6-26-11-14-4-2-7-27-14)25-10-12-8-13(19)9-15(20)16(12)28-17(21)22;/h8-9,14,17H,2-7,10-11H2,1H3,(H2,23,24,25);1H. The molecule has 0 spiro atoms. The van der Waals surface area contributed by atoms with Gasteiger partial charge in [0.05, 0.1) is 17.7 Å². The first kappa shape index (κ1) is 26.4. The number of guanidine groups is 1. The Labute approximate surface area is 196 Å². The quantitative estimate of drug-likeness (QED) is 0.189. The summed E-state index contributed by atoms with van der Waals surface area (Å²) in [5, 5.41) is 6.51. The van der Waals surface area contributed by atoms with Gasteiger partial charge in [0, 0.05) is 43.9 Å². The molecule has 1 aliphatic rings. The van der Waals surface area contributed by atoms with E-state index in [-0.39, 0.29) is 47.4 Å². The second-order valence-electron chi connectivity index (χ2n) is 6.17. The van der Waals surface area contributed by atoms with E-state index in [4.69, 9.17) is 32.7 Å². The van der Waals surface area contributed by atoms with E-state index in [0.29, 0.717) is 36.3 Å². The number of nitrogens with one attached hydrogen (secondary N) is 2. The first-order valence-electron chi connectivity index (χ1n) is 9.06. The largest absolute Gasteiger partial charge is 0.433 e. The number of nitrogens with zero attached hydrogens (tertiary/aromatic N) is 1. The minimum Gasteiger partial charge on any atom is -0.433 e. The van der Waals surface area contributed by atoms with Crippen molar-refractivity contribution in [3.63, 3.8) is 0 Å². The van der Waals surface area contributed by atoms with Gasteiger partial charge in [0.1, 0.15) is 5.75 Å². The molecule has 1 aliphatic heterocycles. The van der Waals surface area contributed by atoms with Gasteiger partial charge < -0.3 is 24.8 Å². The number of hydrogen-bond donors (Lipinski definition) is 2. The molecular formula is C18H26Cl2F2IN3O3. The van der Waals surface area contributed by atoms with Gasteiger partial charge in [0.2, 0.25) is 0 Å². The van der Waals surface area contributed by atoms with Gasteiger partial charge in [-0.25, -0.2) is 0 Å². The molecule has 11 heteroatoms. The smallest absolute Gasteiger partial charge is 0.387 e. The zero-order valence-electron chi connectivity index (χ0n) is 16.1. The number of halogens is 5. The summed E-state index contributed by atoms with van der Waals surface area (Å²) in [6.07, 6.45) is 3.16. The fraction of sp³-hybridized carbons (Fsp3) is 0.611. The maximum Gasteiger partial charge on any atom is 0.387 e. The Morgan fingerprint density at radius 3 is 2.79 bits per heavy atom. The van der Waals surface area contributed by atoms with Crippen LogP contribution in [0.15, 0.2) is 17.1 Å². The summed E-state index contributed by atoms with van der Waals surface area (Å²) < 4.78 is 40.9. The summed E-state index contributed by atoms with van der Waals surface area (Å²) in [6.45, 7) is -0.126. The van der Waals surface area contributed by atoms with Crippen molar-refractivity contribution in [1.82, 2.24) is 10.6 Å². The first-order valence-corrected chi connectivity index (χ1v) is 9.81. The minimum absolute atomic E-state index is 0. The molecular weight excluding hydrogens is 542 g/mol. The van der Waals surface area contributed by atoms with Crippen molar-refractivity contribution in [2.24, 2.45) is 4.99 Å². The van der Waals surface area contributed by atoms with Crippen molar-refractivity contribution >= 4 is 53.1 Å². The van der Waals surface area contributed by atoms with Crippen LogP contribution in [-0.2, 0) is 16.0 Å². The van der Waals surface area contributed by atoms with Crippen LogP contribution in [0, 0.1) is 0 Å². The molecule has 166 valence electrons. The van der Waals surface area contributed by atoms with Crippen LogP contribution in [0.25, 0.3) is 0 Å². The average molecular weight is 568 g/mol. The highest BCUT2D eigenvalue weighted by atomic mass is 127. The predicted octanol–water partition coefficient (Wildman–Crippen LogP) is 4.46. The van der Waals surface area contributed by atoms with Gasteiger partial charge in [-0.3, -0.25) is 4.99 Å². The third kappa shape index (κ3) is 9.82. The Morgan fingerprint density at radius 1 is 1.34 bits per heavy atom. The summed E-state index contributed by atoms with van der Waals surface area (Å²) in [4.78, 5) is 4.10. The molecule has 29 heavy (non-hydrogen) atoms. The van der Waals surface area contributed by atoms with E-state index in [2.05, 4.69) is 20.4 Å². The Hall–Kier alpha value is -0.620. The molecule has 1 aromatic rings. The van der Waals surface area contributed by atoms with Crippen LogP contribution in [0.1, 0.15) is 24.8 Å². The molecule has 1 heterocycles. The summed E-state index contributed by atoms with van der Waals surface area (Å²) in [6, 6.07) is 2.87. The molecule has 0 amide bonds. The molecule has 1 atom stereocenters. The van der Waals surface area contributed by atoms with E-state index in [1.807, 2.05) is 0 Å². The van der Waals surface area contributed by atoms with Gasteiger partial charge >= 0.3 is 6.61 Å². The van der Waals surface area contributed by atoms with Crippen LogP contribution in [0.5, 0.6) is 5.75 Å². The van der Waals surface area contributed by atoms with Crippen molar-refractivity contribution in [1.29, 1.82) is 0 Å². The number of benzene rings is 1. The number of ether oxygens (including phenoxy) is 3. The number of hydrogen-bond acceptors (Lipinski definition) is 4. The van der Waals surface area contributed by atoms with Gasteiger partial charge in [-0.05, 0) is 31.4 Å². The maximum absolute atomic E-state index is 12.6. The minimum atomic E-state index is -2.98. The van der Waals surface area contributed by atoms with Crippen molar-refractivity contribution in [3.05, 3.63) is 27.7 Å². The summed E-state index contributed by atoms with van der Waals surface area (Å²) in [7, 11) is 1.62. The fourth-order valence-corrected chi connectivity index (χ4v) is 3.32. The highest BCUT2D eigenvalue weighted by Crippen LogP contribution is 2.33. The molecule has 0 aromatic heterocycles. The molecule has 6 nitrogen and oxygen atoms in total. The molecule has 1 unspecified atom stereocenters. The number of alkyl halides is 2. The van der Waals surface area contributed by atoms with Crippen LogP contribution in [-0.4, -0.2) is 52.1 Å².